The van der Waals surface area contributed by atoms with Crippen molar-refractivity contribution in [2.45, 2.75) is 51.2 Å². The Morgan fingerprint density at radius 3 is 2.71 bits per heavy atom. The quantitative estimate of drug-likeness (QED) is 0.860. The summed E-state index contributed by atoms with van der Waals surface area (Å²) in [5, 5.41) is 1.49. The highest BCUT2D eigenvalue weighted by Crippen LogP contribution is 2.35. The van der Waals surface area contributed by atoms with Gasteiger partial charge in [-0.3, -0.25) is 4.79 Å². The van der Waals surface area contributed by atoms with Crippen molar-refractivity contribution in [1.29, 1.82) is 0 Å². The monoisotopic (exact) mass is 385 g/mol. The lowest BCUT2D eigenvalue weighted by Gasteiger charge is -2.33. The number of halogens is 4. The first-order valence-electron chi connectivity index (χ1n) is 7.75. The minimum Gasteiger partial charge on any atom is -0.341 e. The maximum Gasteiger partial charge on any atom is 0.434 e. The fourth-order valence-corrected chi connectivity index (χ4v) is 3.78. The van der Waals surface area contributed by atoms with Crippen molar-refractivity contribution >= 4 is 29.7 Å². The second kappa shape index (κ2) is 8.49. The van der Waals surface area contributed by atoms with Crippen molar-refractivity contribution in [2.75, 3.05) is 13.1 Å². The minimum atomic E-state index is -4.42. The van der Waals surface area contributed by atoms with Crippen molar-refractivity contribution in [3.8, 4) is 0 Å². The maximum absolute atomic E-state index is 12.7. The Labute approximate surface area is 150 Å². The Kier molecular flexibility index (Phi) is 7.49. The molecule has 0 saturated carbocycles. The van der Waals surface area contributed by atoms with Gasteiger partial charge in [0, 0.05) is 24.4 Å². The minimum absolute atomic E-state index is 0. The van der Waals surface area contributed by atoms with E-state index < -0.39 is 17.9 Å². The number of nitrogens with two attached hydrogens (primary N) is 1. The molecule has 1 fully saturated rings. The molecule has 2 heterocycles. The van der Waals surface area contributed by atoms with Gasteiger partial charge in [-0.05, 0) is 25.2 Å². The van der Waals surface area contributed by atoms with E-state index in [-0.39, 0.29) is 24.2 Å². The number of rotatable bonds is 4. The average molecular weight is 386 g/mol. The normalized spacial score (nSPS) is 20.0. The zero-order chi connectivity index (χ0) is 17.2. The second-order valence-electron chi connectivity index (χ2n) is 6.43. The Morgan fingerprint density at radius 1 is 1.50 bits per heavy atom. The van der Waals surface area contributed by atoms with E-state index in [0.29, 0.717) is 30.4 Å². The average Bonchev–Trinajstić information content (AvgIpc) is 2.95. The van der Waals surface area contributed by atoms with Crippen LogP contribution in [0.1, 0.15) is 49.7 Å². The Hall–Kier alpha value is -0.860. The highest BCUT2D eigenvalue weighted by molar-refractivity contribution is 7.09. The Balaban J connectivity index is 0.00000288. The molecule has 1 aliphatic heterocycles. The van der Waals surface area contributed by atoms with Crippen LogP contribution in [0.4, 0.5) is 13.2 Å². The third-order valence-electron chi connectivity index (χ3n) is 3.94. The zero-order valence-corrected chi connectivity index (χ0v) is 15.3. The lowest BCUT2D eigenvalue weighted by atomic mass is 9.96. The van der Waals surface area contributed by atoms with Crippen molar-refractivity contribution in [3.63, 3.8) is 0 Å². The molecule has 9 heteroatoms. The van der Waals surface area contributed by atoms with Crippen molar-refractivity contribution in [1.82, 2.24) is 9.88 Å². The van der Waals surface area contributed by atoms with E-state index in [1.807, 2.05) is 13.8 Å². The van der Waals surface area contributed by atoms with Gasteiger partial charge in [-0.1, -0.05) is 13.8 Å². The van der Waals surface area contributed by atoms with E-state index in [2.05, 4.69) is 4.98 Å². The molecule has 1 aromatic rings. The number of alkyl halides is 3. The van der Waals surface area contributed by atoms with Crippen LogP contribution in [0.15, 0.2) is 5.38 Å². The van der Waals surface area contributed by atoms with Crippen LogP contribution in [0.5, 0.6) is 0 Å². The van der Waals surface area contributed by atoms with Gasteiger partial charge in [0.2, 0.25) is 5.91 Å². The number of carbonyl (C=O) groups is 1. The number of amides is 1. The summed E-state index contributed by atoms with van der Waals surface area (Å²) in [4.78, 5) is 17.8. The van der Waals surface area contributed by atoms with Crippen molar-refractivity contribution in [3.05, 3.63) is 16.1 Å². The van der Waals surface area contributed by atoms with Gasteiger partial charge in [0.05, 0.1) is 11.0 Å². The van der Waals surface area contributed by atoms with Gasteiger partial charge in [-0.2, -0.15) is 13.2 Å². The molecule has 1 amide bonds. The van der Waals surface area contributed by atoms with Crippen molar-refractivity contribution in [2.24, 2.45) is 11.7 Å². The summed E-state index contributed by atoms with van der Waals surface area (Å²) >= 11 is 1.02. The Morgan fingerprint density at radius 2 is 2.17 bits per heavy atom. The van der Waals surface area contributed by atoms with Crippen LogP contribution < -0.4 is 5.73 Å². The molecule has 0 spiro atoms. The smallest absolute Gasteiger partial charge is 0.341 e. The first-order chi connectivity index (χ1) is 10.7. The van der Waals surface area contributed by atoms with Gasteiger partial charge >= 0.3 is 6.18 Å². The van der Waals surface area contributed by atoms with Crippen LogP contribution >= 0.6 is 23.7 Å². The topological polar surface area (TPSA) is 59.2 Å². The summed E-state index contributed by atoms with van der Waals surface area (Å²) < 4.78 is 38.0. The predicted octanol–water partition coefficient (Wildman–Crippen LogP) is 3.66. The second-order valence-corrected chi connectivity index (χ2v) is 7.32. The zero-order valence-electron chi connectivity index (χ0n) is 13.7. The molecule has 2 rings (SSSR count). The molecule has 0 aliphatic carbocycles. The van der Waals surface area contributed by atoms with Crippen LogP contribution in [0.2, 0.25) is 0 Å². The number of hydrogen-bond donors (Lipinski definition) is 1. The van der Waals surface area contributed by atoms with Gasteiger partial charge in [-0.25, -0.2) is 4.98 Å². The number of carbonyl (C=O) groups excluding carboxylic acids is 1. The first-order valence-corrected chi connectivity index (χ1v) is 8.63. The molecule has 1 saturated heterocycles. The van der Waals surface area contributed by atoms with Gasteiger partial charge in [0.15, 0.2) is 5.69 Å². The van der Waals surface area contributed by atoms with E-state index in [4.69, 9.17) is 5.73 Å². The molecule has 1 aromatic heterocycles. The van der Waals surface area contributed by atoms with Crippen LogP contribution in [0.3, 0.4) is 0 Å². The molecule has 2 N–H and O–H groups in total. The number of thiazole rings is 1. The molecule has 2 atom stereocenters. The SMILES string of the molecule is CC(C)C[C@H](N)C(=O)N1CCCC(c2nc(C(F)(F)F)cs2)C1.Cl. The standard InChI is InChI=1S/C15H22F3N3OS.ClH/c1-9(2)6-11(19)14(22)21-5-3-4-10(7-21)13-20-12(8-23-13)15(16,17)18;/h8-11H,3-7,19H2,1-2H3;1H/t10?,11-;/m0./s1. The maximum atomic E-state index is 12.7. The third-order valence-corrected chi connectivity index (χ3v) is 4.94. The van der Waals surface area contributed by atoms with E-state index in [1.165, 1.54) is 0 Å². The fourth-order valence-electron chi connectivity index (χ4n) is 2.83. The number of hydrogen-bond acceptors (Lipinski definition) is 4. The molecular weight excluding hydrogens is 363 g/mol. The van der Waals surface area contributed by atoms with Gasteiger partial charge in [0.25, 0.3) is 0 Å². The van der Waals surface area contributed by atoms with Crippen LogP contribution in [-0.2, 0) is 11.0 Å². The lowest BCUT2D eigenvalue weighted by Crippen LogP contribution is -2.48. The number of aromatic nitrogens is 1. The molecule has 24 heavy (non-hydrogen) atoms. The molecule has 0 radical (unpaired) electrons. The molecule has 138 valence electrons. The fraction of sp³-hybridized carbons (Fsp3) is 0.733. The largest absolute Gasteiger partial charge is 0.434 e. The Bertz CT molecular complexity index is 550. The molecule has 0 aromatic carbocycles. The summed E-state index contributed by atoms with van der Waals surface area (Å²) in [7, 11) is 0. The van der Waals surface area contributed by atoms with Gasteiger partial charge in [-0.15, -0.1) is 23.7 Å². The molecule has 4 nitrogen and oxygen atoms in total. The summed E-state index contributed by atoms with van der Waals surface area (Å²) in [5.41, 5.74) is 5.09. The summed E-state index contributed by atoms with van der Waals surface area (Å²) in [6.07, 6.45) is -2.31. The van der Waals surface area contributed by atoms with E-state index >= 15 is 0 Å². The van der Waals surface area contributed by atoms with Gasteiger partial charge in [0.1, 0.15) is 0 Å². The predicted molar refractivity (Wildman–Crippen MR) is 90.3 cm³/mol. The highest BCUT2D eigenvalue weighted by atomic mass is 35.5. The number of nitrogens with zero attached hydrogens (tertiary/aromatic N) is 2. The van der Waals surface area contributed by atoms with Crippen LogP contribution in [-0.4, -0.2) is 34.9 Å². The van der Waals surface area contributed by atoms with E-state index in [0.717, 1.165) is 29.6 Å². The van der Waals surface area contributed by atoms with Crippen molar-refractivity contribution < 1.29 is 18.0 Å². The van der Waals surface area contributed by atoms with E-state index in [1.54, 1.807) is 4.90 Å². The third kappa shape index (κ3) is 5.32. The van der Waals surface area contributed by atoms with Crippen LogP contribution in [0.25, 0.3) is 0 Å². The highest BCUT2D eigenvalue weighted by Gasteiger charge is 2.36. The summed E-state index contributed by atoms with van der Waals surface area (Å²) in [6.45, 7) is 5.01. The molecule has 1 unspecified atom stereocenters. The van der Waals surface area contributed by atoms with Crippen LogP contribution in [0, 0.1) is 5.92 Å². The summed E-state index contributed by atoms with van der Waals surface area (Å²) in [6, 6.07) is -0.546. The summed E-state index contributed by atoms with van der Waals surface area (Å²) in [5.74, 6) is 0.0684. The first kappa shape index (κ1) is 21.2. The molecule has 0 bridgehead atoms. The number of piperidine rings is 1. The number of likely N-dealkylation sites (tertiary alicyclic amines) is 1. The van der Waals surface area contributed by atoms with Gasteiger partial charge < -0.3 is 10.6 Å². The van der Waals surface area contributed by atoms with E-state index in [9.17, 15) is 18.0 Å². The molecular formula is C15H23ClF3N3OS. The molecule has 1 aliphatic rings. The lowest BCUT2D eigenvalue weighted by molar-refractivity contribution is -0.141.